The number of fused-ring (bicyclic) bond motifs is 1. The maximum atomic E-state index is 14.3. The number of halogens is 4. The highest BCUT2D eigenvalue weighted by atomic mass is 19.4. The van der Waals surface area contributed by atoms with Gasteiger partial charge in [0.05, 0.1) is 6.20 Å². The largest absolute Gasteiger partial charge is 0.419 e. The molecule has 1 aromatic heterocycles. The zero-order chi connectivity index (χ0) is 21.0. The molecule has 4 rings (SSSR count). The lowest BCUT2D eigenvalue weighted by atomic mass is 9.79. The van der Waals surface area contributed by atoms with Crippen molar-refractivity contribution in [2.24, 2.45) is 0 Å². The van der Waals surface area contributed by atoms with Crippen molar-refractivity contribution < 1.29 is 22.4 Å². The summed E-state index contributed by atoms with van der Waals surface area (Å²) >= 11 is 0. The molecule has 0 spiro atoms. The number of allylic oxidation sites excluding steroid dienone is 1. The summed E-state index contributed by atoms with van der Waals surface area (Å²) < 4.78 is 56.8. The minimum Gasteiger partial charge on any atom is -0.384 e. The Kier molecular flexibility index (Phi) is 4.29. The van der Waals surface area contributed by atoms with E-state index in [0.29, 0.717) is 24.0 Å². The number of carbonyl (C=O) groups excluding carboxylic acids is 1. The van der Waals surface area contributed by atoms with E-state index < -0.39 is 23.6 Å². The fraction of sp³-hybridized carbons (Fsp3) is 0.300. The van der Waals surface area contributed by atoms with E-state index in [-0.39, 0.29) is 34.6 Å². The Morgan fingerprint density at radius 3 is 2.66 bits per heavy atom. The summed E-state index contributed by atoms with van der Waals surface area (Å²) in [6.45, 7) is 1.41. The zero-order valence-corrected chi connectivity index (χ0v) is 15.5. The van der Waals surface area contributed by atoms with Crippen LogP contribution in [0.25, 0.3) is 0 Å². The third kappa shape index (κ3) is 3.20. The summed E-state index contributed by atoms with van der Waals surface area (Å²) in [5, 5.41) is 4.56. The number of pyridine rings is 1. The van der Waals surface area contributed by atoms with E-state index in [1.807, 2.05) is 0 Å². The highest BCUT2D eigenvalue weighted by molar-refractivity contribution is 5.95. The number of alkyl halides is 3. The Bertz CT molecular complexity index is 1040. The molecule has 2 amide bonds. The van der Waals surface area contributed by atoms with Crippen LogP contribution in [0.2, 0.25) is 0 Å². The molecule has 1 atom stereocenters. The average molecular weight is 406 g/mol. The molecule has 29 heavy (non-hydrogen) atoms. The second-order valence-corrected chi connectivity index (χ2v) is 7.31. The number of nitrogens with zero attached hydrogens (tertiary/aromatic N) is 1. The average Bonchev–Trinajstić information content (AvgIpc) is 3.47. The fourth-order valence-corrected chi connectivity index (χ4v) is 3.81. The van der Waals surface area contributed by atoms with E-state index in [9.17, 15) is 22.4 Å². The molecule has 0 bridgehead atoms. The second-order valence-electron chi connectivity index (χ2n) is 7.31. The summed E-state index contributed by atoms with van der Waals surface area (Å²) in [5.74, 6) is -0.429. The summed E-state index contributed by atoms with van der Waals surface area (Å²) in [7, 11) is 0. The Labute approximate surface area is 164 Å². The fourth-order valence-electron chi connectivity index (χ4n) is 3.81. The molecule has 1 fully saturated rings. The molecular formula is C20H18F4N4O. The van der Waals surface area contributed by atoms with Gasteiger partial charge in [0, 0.05) is 17.7 Å². The third-order valence-corrected chi connectivity index (χ3v) is 5.41. The number of urea groups is 1. The molecule has 152 valence electrons. The molecule has 1 aliphatic carbocycles. The van der Waals surface area contributed by atoms with Gasteiger partial charge >= 0.3 is 12.2 Å². The van der Waals surface area contributed by atoms with E-state index in [1.165, 1.54) is 31.2 Å². The van der Waals surface area contributed by atoms with Crippen molar-refractivity contribution in [2.75, 3.05) is 11.1 Å². The van der Waals surface area contributed by atoms with Crippen LogP contribution in [0.3, 0.4) is 0 Å². The summed E-state index contributed by atoms with van der Waals surface area (Å²) in [6, 6.07) is 4.71. The molecule has 0 saturated heterocycles. The van der Waals surface area contributed by atoms with Crippen molar-refractivity contribution in [1.29, 1.82) is 0 Å². The quantitative estimate of drug-likeness (QED) is 0.522. The summed E-state index contributed by atoms with van der Waals surface area (Å²) in [4.78, 5) is 15.8. The van der Waals surface area contributed by atoms with Crippen LogP contribution in [0.15, 0.2) is 41.6 Å². The van der Waals surface area contributed by atoms with Crippen molar-refractivity contribution in [3.05, 3.63) is 64.1 Å². The van der Waals surface area contributed by atoms with E-state index in [0.717, 1.165) is 6.20 Å². The minimum absolute atomic E-state index is 0.0478. The van der Waals surface area contributed by atoms with Crippen LogP contribution in [0.5, 0.6) is 0 Å². The van der Waals surface area contributed by atoms with E-state index in [4.69, 9.17) is 5.73 Å². The van der Waals surface area contributed by atoms with Crippen LogP contribution in [0, 0.1) is 5.82 Å². The highest BCUT2D eigenvalue weighted by Crippen LogP contribution is 2.52. The molecule has 0 radical (unpaired) electrons. The number of hydrogen-bond donors (Lipinski definition) is 3. The first-order valence-corrected chi connectivity index (χ1v) is 9.00. The normalized spacial score (nSPS) is 20.6. The topological polar surface area (TPSA) is 80.0 Å². The second kappa shape index (κ2) is 6.47. The molecule has 1 saturated carbocycles. The van der Waals surface area contributed by atoms with Crippen molar-refractivity contribution in [2.45, 2.75) is 37.9 Å². The number of carbonyl (C=O) groups is 1. The molecule has 0 unspecified atom stereocenters. The van der Waals surface area contributed by atoms with Gasteiger partial charge in [0.15, 0.2) is 5.54 Å². The van der Waals surface area contributed by atoms with Crippen LogP contribution >= 0.6 is 0 Å². The Hall–Kier alpha value is -3.10. The first kappa shape index (κ1) is 19.2. The molecule has 2 aromatic rings. The predicted octanol–water partition coefficient (Wildman–Crippen LogP) is 4.40. The van der Waals surface area contributed by atoms with Crippen LogP contribution in [-0.2, 0) is 12.0 Å². The lowest BCUT2D eigenvalue weighted by Crippen LogP contribution is -2.60. The lowest BCUT2D eigenvalue weighted by molar-refractivity contribution is -0.185. The molecular weight excluding hydrogens is 388 g/mol. The standard InChI is InChI=1S/C20H18F4N4O/c1-10(12-3-4-12)19(20(22,23)24)14-5-2-11(7-16(14)27-18(29)28-19)6-13-8-17(25)26-9-15(13)21/h2,5,7-9H,3-4,6H2,1H3,(H2,25,26)(H2,27,28,29)/t19-/m0/s1. The lowest BCUT2D eigenvalue weighted by Gasteiger charge is -2.42. The maximum absolute atomic E-state index is 14.3. The van der Waals surface area contributed by atoms with Crippen LogP contribution in [0.4, 0.5) is 33.9 Å². The summed E-state index contributed by atoms with van der Waals surface area (Å²) in [6.07, 6.45) is -2.47. The number of nitrogen functional groups attached to an aromatic ring is 1. The molecule has 9 heteroatoms. The minimum atomic E-state index is -4.73. The number of nitrogens with one attached hydrogen (secondary N) is 2. The first-order chi connectivity index (χ1) is 13.6. The van der Waals surface area contributed by atoms with Gasteiger partial charge in [-0.3, -0.25) is 0 Å². The van der Waals surface area contributed by atoms with Crippen molar-refractivity contribution in [3.63, 3.8) is 0 Å². The molecule has 1 aromatic carbocycles. The number of rotatable bonds is 3. The van der Waals surface area contributed by atoms with Gasteiger partial charge < -0.3 is 16.4 Å². The highest BCUT2D eigenvalue weighted by Gasteiger charge is 2.61. The molecule has 2 heterocycles. The van der Waals surface area contributed by atoms with E-state index in [1.54, 1.807) is 0 Å². The predicted molar refractivity (Wildman–Crippen MR) is 99.7 cm³/mol. The number of amides is 2. The number of hydrogen-bond acceptors (Lipinski definition) is 3. The summed E-state index contributed by atoms with van der Waals surface area (Å²) in [5.41, 5.74) is 4.55. The first-order valence-electron chi connectivity index (χ1n) is 9.00. The van der Waals surface area contributed by atoms with E-state index in [2.05, 4.69) is 15.6 Å². The number of benzene rings is 1. The van der Waals surface area contributed by atoms with E-state index >= 15 is 0 Å². The van der Waals surface area contributed by atoms with Gasteiger partial charge in [-0.05, 0) is 48.6 Å². The van der Waals surface area contributed by atoms with Crippen LogP contribution in [0.1, 0.15) is 36.5 Å². The van der Waals surface area contributed by atoms with Crippen LogP contribution in [-0.4, -0.2) is 17.2 Å². The van der Waals surface area contributed by atoms with Crippen LogP contribution < -0.4 is 16.4 Å². The Morgan fingerprint density at radius 2 is 2.00 bits per heavy atom. The number of aromatic nitrogens is 1. The third-order valence-electron chi connectivity index (χ3n) is 5.41. The van der Waals surface area contributed by atoms with Gasteiger partial charge in [0.1, 0.15) is 11.6 Å². The van der Waals surface area contributed by atoms with Gasteiger partial charge in [-0.15, -0.1) is 0 Å². The molecule has 1 aliphatic heterocycles. The van der Waals surface area contributed by atoms with Crippen molar-refractivity contribution in [3.8, 4) is 0 Å². The van der Waals surface area contributed by atoms with Crippen molar-refractivity contribution >= 4 is 17.5 Å². The smallest absolute Gasteiger partial charge is 0.384 e. The number of anilines is 2. The van der Waals surface area contributed by atoms with Gasteiger partial charge in [0.2, 0.25) is 0 Å². The van der Waals surface area contributed by atoms with Crippen molar-refractivity contribution in [1.82, 2.24) is 10.3 Å². The molecule has 2 aliphatic rings. The monoisotopic (exact) mass is 406 g/mol. The maximum Gasteiger partial charge on any atom is 0.419 e. The van der Waals surface area contributed by atoms with Gasteiger partial charge in [0.25, 0.3) is 0 Å². The Balaban J connectivity index is 1.81. The van der Waals surface area contributed by atoms with Gasteiger partial charge in [-0.2, -0.15) is 13.2 Å². The molecule has 4 N–H and O–H groups in total. The number of nitrogens with two attached hydrogens (primary N) is 1. The Morgan fingerprint density at radius 1 is 1.28 bits per heavy atom. The van der Waals surface area contributed by atoms with Gasteiger partial charge in [-0.25, -0.2) is 14.2 Å². The SMILES string of the molecule is CC(=C1CC1)[C@]1(C(F)(F)F)NC(=O)Nc2cc(Cc3cc(N)ncc3F)ccc21. The molecule has 5 nitrogen and oxygen atoms in total. The van der Waals surface area contributed by atoms with Gasteiger partial charge in [-0.1, -0.05) is 17.7 Å². The zero-order valence-electron chi connectivity index (χ0n) is 15.5.